The summed E-state index contributed by atoms with van der Waals surface area (Å²) in [5, 5.41) is 11.1. The van der Waals surface area contributed by atoms with Gasteiger partial charge < -0.3 is 9.80 Å². The number of rotatable bonds is 3. The highest BCUT2D eigenvalue weighted by Crippen LogP contribution is 2.28. The number of anilines is 1. The Kier molecular flexibility index (Phi) is 4.31. The van der Waals surface area contributed by atoms with Gasteiger partial charge in [0.2, 0.25) is 5.82 Å². The molecule has 0 saturated carbocycles. The second-order valence-corrected chi connectivity index (χ2v) is 4.97. The highest BCUT2D eigenvalue weighted by Gasteiger charge is 2.28. The summed E-state index contributed by atoms with van der Waals surface area (Å²) >= 11 is 0. The molecule has 1 atom stereocenters. The summed E-state index contributed by atoms with van der Waals surface area (Å²) < 4.78 is 0. The van der Waals surface area contributed by atoms with Crippen LogP contribution >= 0.6 is 0 Å². The zero-order valence-electron chi connectivity index (χ0n) is 11.5. The van der Waals surface area contributed by atoms with Crippen LogP contribution in [0.15, 0.2) is 18.3 Å². The van der Waals surface area contributed by atoms with Crippen LogP contribution in [0, 0.1) is 10.1 Å². The fourth-order valence-electron chi connectivity index (χ4n) is 2.62. The average Bonchev–Trinajstić information content (AvgIpc) is 2.60. The summed E-state index contributed by atoms with van der Waals surface area (Å²) in [5.41, 5.74) is 0.102. The molecule has 1 saturated heterocycles. The molecule has 104 valence electrons. The van der Waals surface area contributed by atoms with Crippen molar-refractivity contribution in [2.75, 3.05) is 31.6 Å². The van der Waals surface area contributed by atoms with E-state index in [0.717, 1.165) is 32.5 Å². The predicted molar refractivity (Wildman–Crippen MR) is 74.4 cm³/mol. The number of aromatic nitrogens is 1. The SMILES string of the molecule is CCC1CN(C)CCCN1c1ncccc1[N+](=O)[O-]. The Bertz CT molecular complexity index is 452. The largest absolute Gasteiger partial charge is 0.347 e. The molecule has 0 N–H and O–H groups in total. The molecule has 0 radical (unpaired) electrons. The topological polar surface area (TPSA) is 62.5 Å². The number of hydrogen-bond acceptors (Lipinski definition) is 5. The van der Waals surface area contributed by atoms with Gasteiger partial charge in [-0.2, -0.15) is 0 Å². The molecule has 0 amide bonds. The van der Waals surface area contributed by atoms with Gasteiger partial charge in [-0.05, 0) is 32.5 Å². The lowest BCUT2D eigenvalue weighted by molar-refractivity contribution is -0.384. The molecular formula is C13H20N4O2. The maximum absolute atomic E-state index is 11.1. The summed E-state index contributed by atoms with van der Waals surface area (Å²) in [6.45, 7) is 4.88. The number of nitrogens with zero attached hydrogens (tertiary/aromatic N) is 4. The predicted octanol–water partition coefficient (Wildman–Crippen LogP) is 1.91. The molecule has 0 bridgehead atoms. The van der Waals surface area contributed by atoms with E-state index in [0.29, 0.717) is 5.82 Å². The smallest absolute Gasteiger partial charge is 0.311 e. The van der Waals surface area contributed by atoms with Gasteiger partial charge in [-0.3, -0.25) is 10.1 Å². The molecule has 0 aliphatic carbocycles. The first-order chi connectivity index (χ1) is 9.13. The highest BCUT2D eigenvalue weighted by molar-refractivity contribution is 5.58. The van der Waals surface area contributed by atoms with Crippen LogP contribution in [-0.4, -0.2) is 47.5 Å². The van der Waals surface area contributed by atoms with Crippen molar-refractivity contribution in [2.45, 2.75) is 25.8 Å². The molecule has 6 heteroatoms. The summed E-state index contributed by atoms with van der Waals surface area (Å²) in [6, 6.07) is 3.43. The molecule has 6 nitrogen and oxygen atoms in total. The number of pyridine rings is 1. The van der Waals surface area contributed by atoms with Crippen LogP contribution in [0.2, 0.25) is 0 Å². The average molecular weight is 264 g/mol. The van der Waals surface area contributed by atoms with Crippen molar-refractivity contribution in [3.63, 3.8) is 0 Å². The van der Waals surface area contributed by atoms with E-state index in [-0.39, 0.29) is 16.7 Å². The Balaban J connectivity index is 2.35. The lowest BCUT2D eigenvalue weighted by Gasteiger charge is -2.30. The summed E-state index contributed by atoms with van der Waals surface area (Å²) in [4.78, 5) is 19.4. The Hall–Kier alpha value is -1.69. The van der Waals surface area contributed by atoms with Gasteiger partial charge in [-0.15, -0.1) is 0 Å². The van der Waals surface area contributed by atoms with Crippen LogP contribution in [0.25, 0.3) is 0 Å². The maximum Gasteiger partial charge on any atom is 0.311 e. The van der Waals surface area contributed by atoms with E-state index in [4.69, 9.17) is 0 Å². The van der Waals surface area contributed by atoms with E-state index in [1.807, 2.05) is 0 Å². The Morgan fingerprint density at radius 3 is 3.00 bits per heavy atom. The lowest BCUT2D eigenvalue weighted by Crippen LogP contribution is -2.40. The molecule has 2 rings (SSSR count). The monoisotopic (exact) mass is 264 g/mol. The van der Waals surface area contributed by atoms with E-state index in [2.05, 4.69) is 28.8 Å². The first-order valence-electron chi connectivity index (χ1n) is 6.68. The van der Waals surface area contributed by atoms with Crippen molar-refractivity contribution in [1.29, 1.82) is 0 Å². The second kappa shape index (κ2) is 5.97. The molecular weight excluding hydrogens is 244 g/mol. The van der Waals surface area contributed by atoms with Crippen LogP contribution in [0.4, 0.5) is 11.5 Å². The van der Waals surface area contributed by atoms with E-state index < -0.39 is 0 Å². The van der Waals surface area contributed by atoms with E-state index in [9.17, 15) is 10.1 Å². The lowest BCUT2D eigenvalue weighted by atomic mass is 10.1. The second-order valence-electron chi connectivity index (χ2n) is 4.97. The molecule has 0 spiro atoms. The minimum atomic E-state index is -0.344. The third kappa shape index (κ3) is 3.01. The van der Waals surface area contributed by atoms with Gasteiger partial charge in [-0.25, -0.2) is 4.98 Å². The van der Waals surface area contributed by atoms with Gasteiger partial charge in [0.1, 0.15) is 0 Å². The third-order valence-electron chi connectivity index (χ3n) is 3.61. The minimum absolute atomic E-state index is 0.102. The highest BCUT2D eigenvalue weighted by atomic mass is 16.6. The fraction of sp³-hybridized carbons (Fsp3) is 0.615. The molecule has 1 aliphatic rings. The van der Waals surface area contributed by atoms with Crippen LogP contribution in [0.5, 0.6) is 0 Å². The molecule has 1 aromatic heterocycles. The van der Waals surface area contributed by atoms with Gasteiger partial charge in [0.25, 0.3) is 0 Å². The Morgan fingerprint density at radius 2 is 2.32 bits per heavy atom. The summed E-state index contributed by atoms with van der Waals surface area (Å²) in [7, 11) is 2.10. The molecule has 0 aromatic carbocycles. The van der Waals surface area contributed by atoms with Gasteiger partial charge in [0, 0.05) is 31.4 Å². The zero-order chi connectivity index (χ0) is 13.8. The maximum atomic E-state index is 11.1. The molecule has 1 unspecified atom stereocenters. The number of hydrogen-bond donors (Lipinski definition) is 0. The van der Waals surface area contributed by atoms with Crippen LogP contribution in [0.1, 0.15) is 19.8 Å². The Labute approximate surface area is 113 Å². The fourth-order valence-corrected chi connectivity index (χ4v) is 2.62. The van der Waals surface area contributed by atoms with E-state index >= 15 is 0 Å². The van der Waals surface area contributed by atoms with Crippen molar-refractivity contribution in [3.05, 3.63) is 28.4 Å². The van der Waals surface area contributed by atoms with Crippen molar-refractivity contribution < 1.29 is 4.92 Å². The standard InChI is InChI=1S/C13H20N4O2/c1-3-11-10-15(2)8-5-9-16(11)13-12(17(18)19)6-4-7-14-13/h4,6-7,11H,3,5,8-10H2,1-2H3. The van der Waals surface area contributed by atoms with Crippen LogP contribution < -0.4 is 4.90 Å². The van der Waals surface area contributed by atoms with E-state index in [1.165, 1.54) is 6.07 Å². The zero-order valence-corrected chi connectivity index (χ0v) is 11.5. The van der Waals surface area contributed by atoms with Crippen LogP contribution in [0.3, 0.4) is 0 Å². The molecule has 2 heterocycles. The van der Waals surface area contributed by atoms with Gasteiger partial charge >= 0.3 is 5.69 Å². The van der Waals surface area contributed by atoms with Crippen molar-refractivity contribution >= 4 is 11.5 Å². The Morgan fingerprint density at radius 1 is 1.53 bits per heavy atom. The van der Waals surface area contributed by atoms with Gasteiger partial charge in [-0.1, -0.05) is 6.92 Å². The number of nitro groups is 1. The molecule has 19 heavy (non-hydrogen) atoms. The first-order valence-corrected chi connectivity index (χ1v) is 6.68. The first kappa shape index (κ1) is 13.7. The van der Waals surface area contributed by atoms with E-state index in [1.54, 1.807) is 12.3 Å². The van der Waals surface area contributed by atoms with Crippen LogP contribution in [-0.2, 0) is 0 Å². The normalized spacial score (nSPS) is 21.2. The minimum Gasteiger partial charge on any atom is -0.347 e. The third-order valence-corrected chi connectivity index (χ3v) is 3.61. The van der Waals surface area contributed by atoms with Crippen molar-refractivity contribution in [1.82, 2.24) is 9.88 Å². The molecule has 1 aromatic rings. The van der Waals surface area contributed by atoms with Gasteiger partial charge in [0.15, 0.2) is 0 Å². The summed E-state index contributed by atoms with van der Waals surface area (Å²) in [6.07, 6.45) is 3.59. The summed E-state index contributed by atoms with van der Waals surface area (Å²) in [5.74, 6) is 0.509. The quantitative estimate of drug-likeness (QED) is 0.616. The molecule has 1 fully saturated rings. The van der Waals surface area contributed by atoms with Gasteiger partial charge in [0.05, 0.1) is 4.92 Å². The van der Waals surface area contributed by atoms with Crippen molar-refractivity contribution in [2.24, 2.45) is 0 Å². The van der Waals surface area contributed by atoms with Crippen molar-refractivity contribution in [3.8, 4) is 0 Å². The number of likely N-dealkylation sites (N-methyl/N-ethyl adjacent to an activating group) is 1. The molecule has 1 aliphatic heterocycles.